The van der Waals surface area contributed by atoms with E-state index in [2.05, 4.69) is 9.97 Å². The highest BCUT2D eigenvalue weighted by atomic mass is 19.1. The molecule has 0 unspecified atom stereocenters. The molecule has 2 amide bonds. The number of allylic oxidation sites excluding steroid dienone is 2. The van der Waals surface area contributed by atoms with Gasteiger partial charge in [0.05, 0.1) is 26.5 Å². The first-order valence-corrected chi connectivity index (χ1v) is 9.43. The number of aromatic amines is 1. The summed E-state index contributed by atoms with van der Waals surface area (Å²) in [5.41, 5.74) is 12.5. The number of carbonyl (C=O) groups excluding carboxylic acids is 1. The number of nitrogens with one attached hydrogen (secondary N) is 1. The van der Waals surface area contributed by atoms with Crippen molar-refractivity contribution in [1.29, 1.82) is 0 Å². The Kier molecular flexibility index (Phi) is 5.31. The van der Waals surface area contributed by atoms with Crippen molar-refractivity contribution in [2.75, 3.05) is 24.0 Å². The summed E-state index contributed by atoms with van der Waals surface area (Å²) in [5, 5.41) is 0.618. The first kappa shape index (κ1) is 21.0. The van der Waals surface area contributed by atoms with E-state index in [1.807, 2.05) is 0 Å². The molecule has 0 aliphatic carbocycles. The maximum atomic E-state index is 15.2. The number of nitrogens with two attached hydrogens (primary N) is 2. The molecule has 0 saturated carbocycles. The Balaban J connectivity index is 1.97. The lowest BCUT2D eigenvalue weighted by Gasteiger charge is -2.37. The van der Waals surface area contributed by atoms with Crippen LogP contribution in [0.5, 0.6) is 11.5 Å². The monoisotopic (exact) mass is 442 g/mol. The predicted octanol–water partition coefficient (Wildman–Crippen LogP) is 3.08. The van der Waals surface area contributed by atoms with E-state index in [0.29, 0.717) is 22.3 Å². The molecule has 0 atom stereocenters. The van der Waals surface area contributed by atoms with E-state index < -0.39 is 23.4 Å². The number of H-pyrrole nitrogens is 1. The number of benzene rings is 1. The highest BCUT2D eigenvalue weighted by molar-refractivity contribution is 6.13. The van der Waals surface area contributed by atoms with Gasteiger partial charge in [-0.25, -0.2) is 23.5 Å². The van der Waals surface area contributed by atoms with Crippen molar-refractivity contribution in [2.24, 2.45) is 11.5 Å². The zero-order valence-electron chi connectivity index (χ0n) is 17.2. The quantitative estimate of drug-likeness (QED) is 0.522. The lowest BCUT2D eigenvalue weighted by molar-refractivity contribution is 0.251. The molecule has 0 bridgehead atoms. The second-order valence-corrected chi connectivity index (χ2v) is 6.81. The van der Waals surface area contributed by atoms with Crippen LogP contribution in [0.25, 0.3) is 11.0 Å². The Morgan fingerprint density at radius 2 is 1.91 bits per heavy atom. The Morgan fingerprint density at radius 1 is 1.22 bits per heavy atom. The number of pyridine rings is 1. The molecule has 4 rings (SSSR count). The van der Waals surface area contributed by atoms with Crippen LogP contribution in [0.4, 0.5) is 25.0 Å². The van der Waals surface area contributed by atoms with Crippen LogP contribution in [-0.2, 0) is 6.54 Å². The summed E-state index contributed by atoms with van der Waals surface area (Å²) in [7, 11) is 2.46. The molecule has 0 radical (unpaired) electrons. The van der Waals surface area contributed by atoms with Crippen LogP contribution in [0, 0.1) is 11.6 Å². The molecular weight excluding hydrogens is 422 g/mol. The summed E-state index contributed by atoms with van der Waals surface area (Å²) in [5.74, 6) is -2.67. The van der Waals surface area contributed by atoms with E-state index in [9.17, 15) is 4.79 Å². The number of hydrogen-bond donors (Lipinski definition) is 3. The number of ether oxygens (including phenoxy) is 2. The predicted molar refractivity (Wildman–Crippen MR) is 115 cm³/mol. The maximum Gasteiger partial charge on any atom is 0.335 e. The van der Waals surface area contributed by atoms with Crippen LogP contribution in [-0.4, -0.2) is 30.2 Å². The van der Waals surface area contributed by atoms with Gasteiger partial charge in [-0.2, -0.15) is 0 Å². The molecule has 1 aromatic carbocycles. The zero-order valence-corrected chi connectivity index (χ0v) is 17.2. The Labute approximate surface area is 181 Å². The first-order chi connectivity index (χ1) is 15.4. The van der Waals surface area contributed by atoms with Crippen LogP contribution in [0.15, 0.2) is 48.7 Å². The number of nitrogens with zero attached hydrogens (tertiary/aromatic N) is 3. The average Bonchev–Trinajstić information content (AvgIpc) is 3.27. The standard InChI is InChI=1S/C21H20F2N6O3/c1-31-13-8-14(32-2)17(23)19(16(13)22)28-10-11-9-27-20-12(5-7-26-20)18(11)29(21(28)30)15(25)4-3-6-24/h3-9H,10,24-25H2,1-2H3,(H,26,27)/b6-3-,15-4+. The number of methoxy groups -OCH3 is 2. The van der Waals surface area contributed by atoms with Crippen molar-refractivity contribution in [3.05, 3.63) is 65.9 Å². The van der Waals surface area contributed by atoms with Crippen LogP contribution in [0.3, 0.4) is 0 Å². The van der Waals surface area contributed by atoms with Gasteiger partial charge in [0.15, 0.2) is 23.1 Å². The first-order valence-electron chi connectivity index (χ1n) is 9.43. The van der Waals surface area contributed by atoms with E-state index >= 15 is 8.78 Å². The minimum absolute atomic E-state index is 0.00738. The van der Waals surface area contributed by atoms with Gasteiger partial charge in [0.1, 0.15) is 17.2 Å². The van der Waals surface area contributed by atoms with Crippen LogP contribution in [0.1, 0.15) is 5.56 Å². The fourth-order valence-corrected chi connectivity index (χ4v) is 3.62. The maximum absolute atomic E-state index is 15.2. The minimum Gasteiger partial charge on any atom is -0.493 e. The van der Waals surface area contributed by atoms with E-state index in [1.165, 1.54) is 38.8 Å². The third-order valence-electron chi connectivity index (χ3n) is 5.06. The summed E-state index contributed by atoms with van der Waals surface area (Å²) >= 11 is 0. The molecular formula is C21H20F2N6O3. The normalized spacial score (nSPS) is 14.4. The molecule has 11 heteroatoms. The molecule has 3 aromatic rings. The van der Waals surface area contributed by atoms with Crippen molar-refractivity contribution in [3.63, 3.8) is 0 Å². The number of halogens is 2. The summed E-state index contributed by atoms with van der Waals surface area (Å²) in [6, 6.07) is 2.02. The lowest BCUT2D eigenvalue weighted by atomic mass is 10.1. The van der Waals surface area contributed by atoms with Gasteiger partial charge in [-0.3, -0.25) is 4.90 Å². The number of fused-ring (bicyclic) bond motifs is 3. The molecule has 0 saturated heterocycles. The Hall–Kier alpha value is -4.28. The largest absolute Gasteiger partial charge is 0.493 e. The van der Waals surface area contributed by atoms with E-state index in [4.69, 9.17) is 20.9 Å². The number of amides is 2. The smallest absolute Gasteiger partial charge is 0.335 e. The number of rotatable bonds is 5. The molecule has 9 nitrogen and oxygen atoms in total. The van der Waals surface area contributed by atoms with Gasteiger partial charge < -0.3 is 25.9 Å². The molecule has 5 N–H and O–H groups in total. The summed E-state index contributed by atoms with van der Waals surface area (Å²) in [6.45, 7) is -0.164. The average molecular weight is 442 g/mol. The van der Waals surface area contributed by atoms with Gasteiger partial charge in [-0.05, 0) is 24.4 Å². The van der Waals surface area contributed by atoms with Gasteiger partial charge in [0.2, 0.25) is 0 Å². The van der Waals surface area contributed by atoms with E-state index in [-0.39, 0.29) is 23.9 Å². The van der Waals surface area contributed by atoms with Gasteiger partial charge in [0, 0.05) is 29.4 Å². The van der Waals surface area contributed by atoms with Crippen LogP contribution in [0.2, 0.25) is 0 Å². The fourth-order valence-electron chi connectivity index (χ4n) is 3.62. The van der Waals surface area contributed by atoms with E-state index in [1.54, 1.807) is 12.3 Å². The fraction of sp³-hybridized carbons (Fsp3) is 0.143. The number of hydrogen-bond acceptors (Lipinski definition) is 6. The number of anilines is 2. The molecule has 0 fully saturated rings. The molecule has 166 valence electrons. The second kappa shape index (κ2) is 8.10. The van der Waals surface area contributed by atoms with Crippen LogP contribution < -0.4 is 30.7 Å². The van der Waals surface area contributed by atoms with Crippen molar-refractivity contribution in [1.82, 2.24) is 9.97 Å². The summed E-state index contributed by atoms with van der Waals surface area (Å²) in [6.07, 6.45) is 7.26. The number of aromatic nitrogens is 2. The molecule has 1 aliphatic rings. The van der Waals surface area contributed by atoms with E-state index in [0.717, 1.165) is 15.9 Å². The molecule has 3 heterocycles. The third kappa shape index (κ3) is 3.14. The number of carbonyl (C=O) groups is 1. The van der Waals surface area contributed by atoms with Crippen LogP contribution >= 0.6 is 0 Å². The molecule has 32 heavy (non-hydrogen) atoms. The third-order valence-corrected chi connectivity index (χ3v) is 5.06. The molecule has 1 aliphatic heterocycles. The molecule has 0 spiro atoms. The Bertz CT molecular complexity index is 1240. The van der Waals surface area contributed by atoms with Gasteiger partial charge in [-0.1, -0.05) is 0 Å². The minimum atomic E-state index is -1.05. The van der Waals surface area contributed by atoms with Crippen molar-refractivity contribution in [2.45, 2.75) is 6.54 Å². The zero-order chi connectivity index (χ0) is 23.0. The lowest BCUT2D eigenvalue weighted by Crippen LogP contribution is -2.49. The van der Waals surface area contributed by atoms with Gasteiger partial charge >= 0.3 is 6.03 Å². The SMILES string of the molecule is COc1cc(OC)c(F)c(N2Cc3cnc4[nH]ccc4c3N(/C(N)=C/C=C\N)C2=O)c1F. The Morgan fingerprint density at radius 3 is 2.53 bits per heavy atom. The topological polar surface area (TPSA) is 123 Å². The molecule has 2 aromatic heterocycles. The van der Waals surface area contributed by atoms with Gasteiger partial charge in [-0.15, -0.1) is 0 Å². The number of urea groups is 1. The highest BCUT2D eigenvalue weighted by Crippen LogP contribution is 2.42. The second-order valence-electron chi connectivity index (χ2n) is 6.81. The highest BCUT2D eigenvalue weighted by Gasteiger charge is 2.38. The van der Waals surface area contributed by atoms with Gasteiger partial charge in [0.25, 0.3) is 0 Å². The van der Waals surface area contributed by atoms with Crippen molar-refractivity contribution >= 4 is 28.4 Å². The summed E-state index contributed by atoms with van der Waals surface area (Å²) in [4.78, 5) is 23.0. The van der Waals surface area contributed by atoms with Crippen molar-refractivity contribution < 1.29 is 23.0 Å². The summed E-state index contributed by atoms with van der Waals surface area (Å²) < 4.78 is 40.4. The van der Waals surface area contributed by atoms with Crippen molar-refractivity contribution in [3.8, 4) is 11.5 Å².